The Morgan fingerprint density at radius 3 is 2.59 bits per heavy atom. The predicted octanol–water partition coefficient (Wildman–Crippen LogP) is 4.37. The lowest BCUT2D eigenvalue weighted by Crippen LogP contribution is -2.38. The van der Waals surface area contributed by atoms with Crippen LogP contribution in [0.4, 0.5) is 24.8 Å². The van der Waals surface area contributed by atoms with Crippen molar-refractivity contribution in [2.75, 3.05) is 36.5 Å². The molecule has 1 amide bonds. The minimum Gasteiger partial charge on any atom is -0.378 e. The number of pyridine rings is 1. The highest BCUT2D eigenvalue weighted by Crippen LogP contribution is 2.35. The van der Waals surface area contributed by atoms with E-state index < -0.39 is 23.8 Å². The van der Waals surface area contributed by atoms with E-state index in [-0.39, 0.29) is 16.5 Å². The van der Waals surface area contributed by atoms with Crippen LogP contribution >= 0.6 is 11.6 Å². The molecule has 13 heteroatoms. The summed E-state index contributed by atoms with van der Waals surface area (Å²) < 4.78 is 47.8. The number of hydrogen-bond acceptors (Lipinski definition) is 7. The molecule has 0 saturated carbocycles. The Balaban J connectivity index is 1.71. The molecule has 5 rings (SSSR count). The number of morpholine rings is 1. The zero-order valence-electron chi connectivity index (χ0n) is 19.9. The number of anilines is 2. The Hall–Kier alpha value is -3.64. The molecule has 4 heterocycles. The molecular formula is C24H23ClF3N7O2. The first-order valence-corrected chi connectivity index (χ1v) is 11.9. The van der Waals surface area contributed by atoms with Gasteiger partial charge in [-0.25, -0.2) is 15.0 Å². The van der Waals surface area contributed by atoms with Gasteiger partial charge in [0.15, 0.2) is 11.4 Å². The van der Waals surface area contributed by atoms with Crippen LogP contribution in [0, 0.1) is 6.92 Å². The van der Waals surface area contributed by atoms with Crippen LogP contribution < -0.4 is 16.0 Å². The second kappa shape index (κ2) is 9.34. The van der Waals surface area contributed by atoms with Gasteiger partial charge in [0.2, 0.25) is 5.95 Å². The molecular weight excluding hydrogens is 511 g/mol. The highest BCUT2D eigenvalue weighted by atomic mass is 35.5. The van der Waals surface area contributed by atoms with Crippen LogP contribution in [-0.4, -0.2) is 51.6 Å². The van der Waals surface area contributed by atoms with E-state index in [0.717, 1.165) is 11.8 Å². The van der Waals surface area contributed by atoms with Crippen molar-refractivity contribution in [2.45, 2.75) is 26.1 Å². The number of nitrogens with one attached hydrogen (secondary N) is 1. The maximum absolute atomic E-state index is 13.7. The highest BCUT2D eigenvalue weighted by molar-refractivity contribution is 6.29. The largest absolute Gasteiger partial charge is 0.434 e. The van der Waals surface area contributed by atoms with E-state index in [1.807, 2.05) is 24.8 Å². The number of nitrogens with two attached hydrogens (primary N) is 1. The Bertz CT molecular complexity index is 1520. The van der Waals surface area contributed by atoms with Gasteiger partial charge in [0, 0.05) is 30.2 Å². The van der Waals surface area contributed by atoms with Crippen molar-refractivity contribution in [1.82, 2.24) is 19.4 Å². The monoisotopic (exact) mass is 533 g/mol. The maximum Gasteiger partial charge on any atom is 0.434 e. The summed E-state index contributed by atoms with van der Waals surface area (Å²) in [6, 6.07) is 6.35. The van der Waals surface area contributed by atoms with Crippen LogP contribution in [0.15, 0.2) is 30.5 Å². The summed E-state index contributed by atoms with van der Waals surface area (Å²) in [6.45, 7) is 5.50. The van der Waals surface area contributed by atoms with Gasteiger partial charge in [0.05, 0.1) is 30.5 Å². The number of fused-ring (bicyclic) bond motifs is 3. The van der Waals surface area contributed by atoms with Gasteiger partial charge in [-0.2, -0.15) is 13.2 Å². The van der Waals surface area contributed by atoms with Crippen molar-refractivity contribution in [3.63, 3.8) is 0 Å². The van der Waals surface area contributed by atoms with E-state index in [4.69, 9.17) is 27.1 Å². The Kier molecular flexibility index (Phi) is 6.32. The summed E-state index contributed by atoms with van der Waals surface area (Å²) in [5, 5.41) is 3.82. The molecule has 194 valence electrons. The number of ether oxygens (including phenoxy) is 1. The van der Waals surface area contributed by atoms with Crippen LogP contribution in [0.2, 0.25) is 5.15 Å². The molecule has 1 fully saturated rings. The number of alkyl halides is 3. The molecule has 0 spiro atoms. The molecule has 4 aromatic rings. The molecule has 3 aromatic heterocycles. The molecule has 0 bridgehead atoms. The number of benzene rings is 1. The lowest BCUT2D eigenvalue weighted by molar-refractivity contribution is -0.140. The van der Waals surface area contributed by atoms with Gasteiger partial charge in [0.1, 0.15) is 10.8 Å². The van der Waals surface area contributed by atoms with Crippen LogP contribution in [-0.2, 0) is 10.9 Å². The number of hydrogen-bond donors (Lipinski definition) is 2. The lowest BCUT2D eigenvalue weighted by Gasteiger charge is -2.29. The number of carbonyl (C=O) groups is 1. The number of aromatic nitrogens is 4. The van der Waals surface area contributed by atoms with Crippen LogP contribution in [0.5, 0.6) is 0 Å². The van der Waals surface area contributed by atoms with Gasteiger partial charge >= 0.3 is 6.18 Å². The summed E-state index contributed by atoms with van der Waals surface area (Å²) >= 11 is 5.93. The molecule has 37 heavy (non-hydrogen) atoms. The number of primary amides is 1. The molecule has 1 atom stereocenters. The molecule has 1 saturated heterocycles. The summed E-state index contributed by atoms with van der Waals surface area (Å²) in [5.74, 6) is -0.408. The third-order valence-corrected chi connectivity index (χ3v) is 6.39. The van der Waals surface area contributed by atoms with Gasteiger partial charge in [-0.3, -0.25) is 9.20 Å². The molecule has 0 radical (unpaired) electrons. The van der Waals surface area contributed by atoms with Crippen LogP contribution in [0.1, 0.15) is 40.3 Å². The van der Waals surface area contributed by atoms with E-state index in [0.29, 0.717) is 54.4 Å². The lowest BCUT2D eigenvalue weighted by atomic mass is 10.0. The number of rotatable bonds is 5. The first-order valence-electron chi connectivity index (χ1n) is 11.5. The van der Waals surface area contributed by atoms with Crippen molar-refractivity contribution in [3.05, 3.63) is 58.1 Å². The van der Waals surface area contributed by atoms with E-state index in [1.165, 1.54) is 10.5 Å². The average molecular weight is 534 g/mol. The van der Waals surface area contributed by atoms with Gasteiger partial charge in [-0.1, -0.05) is 17.7 Å². The van der Waals surface area contributed by atoms with Crippen molar-refractivity contribution in [3.8, 4) is 0 Å². The third kappa shape index (κ3) is 4.74. The van der Waals surface area contributed by atoms with Crippen molar-refractivity contribution >= 4 is 45.7 Å². The van der Waals surface area contributed by atoms with Crippen molar-refractivity contribution in [2.24, 2.45) is 5.73 Å². The predicted molar refractivity (Wildman–Crippen MR) is 133 cm³/mol. The van der Waals surface area contributed by atoms with Crippen molar-refractivity contribution in [1.29, 1.82) is 0 Å². The molecule has 1 aliphatic rings. The molecule has 3 N–H and O–H groups in total. The highest BCUT2D eigenvalue weighted by Gasteiger charge is 2.35. The Morgan fingerprint density at radius 2 is 1.92 bits per heavy atom. The molecule has 9 nitrogen and oxygen atoms in total. The smallest absolute Gasteiger partial charge is 0.378 e. The van der Waals surface area contributed by atoms with Crippen LogP contribution in [0.25, 0.3) is 16.6 Å². The zero-order chi connectivity index (χ0) is 26.5. The second-order valence-corrected chi connectivity index (χ2v) is 9.23. The quantitative estimate of drug-likeness (QED) is 0.367. The van der Waals surface area contributed by atoms with E-state index in [1.54, 1.807) is 12.1 Å². The Labute approximate surface area is 214 Å². The number of amides is 1. The molecule has 1 aromatic carbocycles. The Morgan fingerprint density at radius 1 is 1.19 bits per heavy atom. The summed E-state index contributed by atoms with van der Waals surface area (Å²) in [4.78, 5) is 26.7. The third-order valence-electron chi connectivity index (χ3n) is 6.18. The number of nitrogens with zero attached hydrogens (tertiary/aromatic N) is 5. The molecule has 0 unspecified atom stereocenters. The minimum atomic E-state index is -4.62. The zero-order valence-corrected chi connectivity index (χ0v) is 20.7. The minimum absolute atomic E-state index is 0.0243. The first-order chi connectivity index (χ1) is 17.5. The first kappa shape index (κ1) is 25.0. The summed E-state index contributed by atoms with van der Waals surface area (Å²) in [6.07, 6.45) is -3.64. The van der Waals surface area contributed by atoms with Crippen molar-refractivity contribution < 1.29 is 22.7 Å². The maximum atomic E-state index is 13.7. The summed E-state index contributed by atoms with van der Waals surface area (Å²) in [7, 11) is 0. The average Bonchev–Trinajstić information content (AvgIpc) is 3.31. The summed E-state index contributed by atoms with van der Waals surface area (Å²) in [5.41, 5.74) is 6.98. The van der Waals surface area contributed by atoms with Gasteiger partial charge in [-0.05, 0) is 37.6 Å². The van der Waals surface area contributed by atoms with Gasteiger partial charge in [-0.15, -0.1) is 0 Å². The number of halogens is 4. The topological polar surface area (TPSA) is 111 Å². The SMILES string of the molecule is Cc1cc([C@@H](C)Nc2ccc(Cl)nc2C(N)=O)c2nc(N3CCOCC3)n3cc(C(F)(F)F)nc3c2c1. The molecule has 1 aliphatic heterocycles. The standard InChI is InChI=1S/C24H23ClF3N7O2/c1-12-9-14(13(2)30-16-3-4-18(25)32-20(16)21(29)36)19-15(10-12)22-31-17(24(26,27)28)11-35(22)23(33-19)34-5-7-37-8-6-34/h3-4,9-11,13,30H,5-8H2,1-2H3,(H2,29,36)/t13-/m1/s1. The number of imidazole rings is 1. The normalized spacial score (nSPS) is 15.4. The number of aryl methyl sites for hydroxylation is 1. The molecule has 0 aliphatic carbocycles. The fourth-order valence-electron chi connectivity index (χ4n) is 4.48. The fraction of sp³-hybridized carbons (Fsp3) is 0.333. The fourth-order valence-corrected chi connectivity index (χ4v) is 4.63. The van der Waals surface area contributed by atoms with Gasteiger partial charge in [0.25, 0.3) is 5.91 Å². The van der Waals surface area contributed by atoms with E-state index >= 15 is 0 Å². The van der Waals surface area contributed by atoms with E-state index in [9.17, 15) is 18.0 Å². The van der Waals surface area contributed by atoms with Crippen LogP contribution in [0.3, 0.4) is 0 Å². The second-order valence-electron chi connectivity index (χ2n) is 8.84. The number of carbonyl (C=O) groups excluding carboxylic acids is 1. The van der Waals surface area contributed by atoms with E-state index in [2.05, 4.69) is 15.3 Å². The van der Waals surface area contributed by atoms with Gasteiger partial charge < -0.3 is 20.7 Å².